The molecule has 4 heterocycles. The van der Waals surface area contributed by atoms with Crippen LogP contribution in [0.25, 0.3) is 34.6 Å². The summed E-state index contributed by atoms with van der Waals surface area (Å²) in [5.74, 6) is 1.38. The average molecular weight is 491 g/mol. The quantitative estimate of drug-likeness (QED) is 0.519. The molecule has 0 bridgehead atoms. The number of aryl methyl sites for hydroxylation is 1. The Kier molecular flexibility index (Phi) is 5.74. The van der Waals surface area contributed by atoms with Crippen LogP contribution in [0.4, 0.5) is 5.82 Å². The van der Waals surface area contributed by atoms with E-state index in [2.05, 4.69) is 50.1 Å². The molecular formula is C28H38N6O2. The van der Waals surface area contributed by atoms with Gasteiger partial charge in [-0.1, -0.05) is 12.2 Å². The fraction of sp³-hybridized carbons (Fsp3) is 0.571. The van der Waals surface area contributed by atoms with Crippen molar-refractivity contribution in [2.45, 2.75) is 64.7 Å². The Balaban J connectivity index is 1.14. The van der Waals surface area contributed by atoms with Crippen LogP contribution in [-0.4, -0.2) is 63.5 Å². The molecule has 8 heteroatoms. The molecule has 4 N–H and O–H groups in total. The second-order valence-corrected chi connectivity index (χ2v) is 11.7. The monoisotopic (exact) mass is 490 g/mol. The molecule has 2 fully saturated rings. The summed E-state index contributed by atoms with van der Waals surface area (Å²) >= 11 is 0. The summed E-state index contributed by atoms with van der Waals surface area (Å²) in [6, 6.07) is 4.78. The minimum absolute atomic E-state index is 0.211. The third-order valence-corrected chi connectivity index (χ3v) is 8.42. The summed E-state index contributed by atoms with van der Waals surface area (Å²) in [5, 5.41) is 2.44. The van der Waals surface area contributed by atoms with E-state index in [9.17, 15) is 0 Å². The number of aromatic nitrogens is 4. The van der Waals surface area contributed by atoms with Gasteiger partial charge in [0.15, 0.2) is 11.4 Å². The highest BCUT2D eigenvalue weighted by atomic mass is 16.7. The zero-order valence-corrected chi connectivity index (χ0v) is 21.9. The first-order chi connectivity index (χ1) is 17.2. The third kappa shape index (κ3) is 4.46. The van der Waals surface area contributed by atoms with Gasteiger partial charge in [0, 0.05) is 34.6 Å². The first-order valence-corrected chi connectivity index (χ1v) is 13.2. The molecule has 3 aromatic heterocycles. The van der Waals surface area contributed by atoms with Crippen molar-refractivity contribution in [2.24, 2.45) is 11.3 Å². The number of nitrogens with zero attached hydrogens (tertiary/aromatic N) is 3. The highest BCUT2D eigenvalue weighted by Gasteiger charge is 2.43. The standard InChI is InChI=1S/C28H38N6O2/c1-17-30-25-21(13-24(29)33-26(25)31-17)23-12-19-11-18(5-6-22(19)32-23)14-34(4)20-7-9-28(10-8-20)15-35-27(2,3)36-16-28/h6,11-13,18,20,32H,5,7-10,14-16H2,1-4H3,(H3,29,30,31,33). The van der Waals surface area contributed by atoms with Crippen molar-refractivity contribution in [3.05, 3.63) is 28.5 Å². The van der Waals surface area contributed by atoms with Crippen molar-refractivity contribution >= 4 is 29.1 Å². The van der Waals surface area contributed by atoms with Crippen LogP contribution < -0.4 is 16.3 Å². The molecule has 36 heavy (non-hydrogen) atoms. The van der Waals surface area contributed by atoms with Crippen molar-refractivity contribution in [2.75, 3.05) is 32.5 Å². The van der Waals surface area contributed by atoms with Crippen molar-refractivity contribution in [1.29, 1.82) is 0 Å². The van der Waals surface area contributed by atoms with Gasteiger partial charge in [-0.25, -0.2) is 9.97 Å². The number of anilines is 1. The molecule has 1 aliphatic heterocycles. The molecule has 8 nitrogen and oxygen atoms in total. The Labute approximate surface area is 212 Å². The van der Waals surface area contributed by atoms with Gasteiger partial charge in [0.25, 0.3) is 0 Å². The van der Waals surface area contributed by atoms with Crippen LogP contribution in [0.5, 0.6) is 0 Å². The highest BCUT2D eigenvalue weighted by Crippen LogP contribution is 2.42. The van der Waals surface area contributed by atoms with Gasteiger partial charge in [0.05, 0.1) is 18.7 Å². The first-order valence-electron chi connectivity index (χ1n) is 13.2. The predicted molar refractivity (Wildman–Crippen MR) is 142 cm³/mol. The topological polar surface area (TPSA) is 105 Å². The summed E-state index contributed by atoms with van der Waals surface area (Å²) < 4.78 is 12.0. The van der Waals surface area contributed by atoms with E-state index in [0.29, 0.717) is 23.4 Å². The van der Waals surface area contributed by atoms with Crippen LogP contribution in [0.15, 0.2) is 12.1 Å². The van der Waals surface area contributed by atoms with Crippen LogP contribution in [-0.2, 0) is 9.47 Å². The van der Waals surface area contributed by atoms with Crippen molar-refractivity contribution in [3.8, 4) is 11.3 Å². The van der Waals surface area contributed by atoms with E-state index < -0.39 is 5.79 Å². The van der Waals surface area contributed by atoms with E-state index in [1.54, 1.807) is 0 Å². The number of nitrogens with two attached hydrogens (primary N) is 1. The fourth-order valence-electron chi connectivity index (χ4n) is 6.19. The highest BCUT2D eigenvalue weighted by molar-refractivity contribution is 5.90. The van der Waals surface area contributed by atoms with E-state index >= 15 is 0 Å². The maximum absolute atomic E-state index is 6.08. The van der Waals surface area contributed by atoms with E-state index in [0.717, 1.165) is 48.8 Å². The molecule has 3 aliphatic rings. The number of rotatable bonds is 4. The number of fused-ring (bicyclic) bond motifs is 2. The Hall–Kier alpha value is -2.68. The number of H-pyrrole nitrogens is 2. The number of nitrogen functional groups attached to an aromatic ring is 1. The van der Waals surface area contributed by atoms with Gasteiger partial charge in [-0.15, -0.1) is 0 Å². The zero-order chi connectivity index (χ0) is 25.1. The Morgan fingerprint density at radius 2 is 1.86 bits per heavy atom. The molecule has 3 aromatic rings. The van der Waals surface area contributed by atoms with Gasteiger partial charge in [-0.3, -0.25) is 0 Å². The number of hydrogen-bond donors (Lipinski definition) is 3. The maximum atomic E-state index is 6.08. The predicted octanol–water partition coefficient (Wildman–Crippen LogP) is 3.07. The smallest absolute Gasteiger partial charge is 0.180 e. The molecule has 1 atom stereocenters. The Morgan fingerprint density at radius 1 is 1.11 bits per heavy atom. The van der Waals surface area contributed by atoms with Gasteiger partial charge in [-0.2, -0.15) is 0 Å². The SMILES string of the molecule is Cc1nc2nc(N)cc(-c3cc4c([nH]3)=CCC(CN(C)C3CCC5(CC3)COC(C)(C)OC5)C=4)c2[nH]1. The molecule has 1 saturated carbocycles. The largest absolute Gasteiger partial charge is 0.384 e. The van der Waals surface area contributed by atoms with Gasteiger partial charge in [-0.05, 0) is 83.2 Å². The molecule has 0 radical (unpaired) electrons. The van der Waals surface area contributed by atoms with E-state index in [1.807, 2.05) is 26.8 Å². The summed E-state index contributed by atoms with van der Waals surface area (Å²) in [6.07, 6.45) is 10.6. The van der Waals surface area contributed by atoms with E-state index in [4.69, 9.17) is 15.2 Å². The normalized spacial score (nSPS) is 23.5. The summed E-state index contributed by atoms with van der Waals surface area (Å²) in [5.41, 5.74) is 9.93. The van der Waals surface area contributed by atoms with Crippen LogP contribution in [0.1, 0.15) is 51.8 Å². The third-order valence-electron chi connectivity index (χ3n) is 8.42. The van der Waals surface area contributed by atoms with Crippen LogP contribution in [0.2, 0.25) is 0 Å². The number of imidazole rings is 1. The lowest BCUT2D eigenvalue weighted by Gasteiger charge is -2.48. The number of ether oxygens (including phenoxy) is 2. The Morgan fingerprint density at radius 3 is 2.61 bits per heavy atom. The number of aromatic amines is 2. The second kappa shape index (κ2) is 8.71. The van der Waals surface area contributed by atoms with Crippen molar-refractivity contribution in [1.82, 2.24) is 24.8 Å². The summed E-state index contributed by atoms with van der Waals surface area (Å²) in [7, 11) is 2.29. The molecule has 1 saturated heterocycles. The van der Waals surface area contributed by atoms with E-state index in [-0.39, 0.29) is 5.41 Å². The molecule has 1 unspecified atom stereocenters. The average Bonchev–Trinajstić information content (AvgIpc) is 3.43. The van der Waals surface area contributed by atoms with Crippen LogP contribution in [0, 0.1) is 18.3 Å². The number of nitrogens with one attached hydrogen (secondary N) is 2. The summed E-state index contributed by atoms with van der Waals surface area (Å²) in [4.78, 5) is 18.4. The van der Waals surface area contributed by atoms with Gasteiger partial charge in [0.1, 0.15) is 11.6 Å². The molecule has 1 spiro atoms. The van der Waals surface area contributed by atoms with Crippen molar-refractivity contribution in [3.63, 3.8) is 0 Å². The lowest BCUT2D eigenvalue weighted by Crippen LogP contribution is -2.50. The Bertz CT molecular complexity index is 1380. The van der Waals surface area contributed by atoms with Gasteiger partial charge >= 0.3 is 0 Å². The minimum Gasteiger partial charge on any atom is -0.384 e. The van der Waals surface area contributed by atoms with Gasteiger partial charge < -0.3 is 30.1 Å². The molecule has 0 amide bonds. The van der Waals surface area contributed by atoms with E-state index in [1.165, 1.54) is 36.3 Å². The summed E-state index contributed by atoms with van der Waals surface area (Å²) in [6.45, 7) is 8.69. The molecular weight excluding hydrogens is 452 g/mol. The lowest BCUT2D eigenvalue weighted by molar-refractivity contribution is -0.290. The lowest BCUT2D eigenvalue weighted by atomic mass is 9.72. The van der Waals surface area contributed by atoms with Crippen LogP contribution >= 0.6 is 0 Å². The van der Waals surface area contributed by atoms with Crippen LogP contribution in [0.3, 0.4) is 0 Å². The molecule has 6 rings (SSSR count). The minimum atomic E-state index is -0.434. The second-order valence-electron chi connectivity index (χ2n) is 11.7. The van der Waals surface area contributed by atoms with Gasteiger partial charge in [0.2, 0.25) is 0 Å². The number of hydrogen-bond acceptors (Lipinski definition) is 6. The fourth-order valence-corrected chi connectivity index (χ4v) is 6.19. The first kappa shape index (κ1) is 23.7. The van der Waals surface area contributed by atoms with Crippen molar-refractivity contribution < 1.29 is 9.47 Å². The number of pyridine rings is 1. The zero-order valence-electron chi connectivity index (χ0n) is 21.9. The molecule has 192 valence electrons. The molecule has 0 aromatic carbocycles. The molecule has 2 aliphatic carbocycles. The maximum Gasteiger partial charge on any atom is 0.180 e.